The second-order valence-corrected chi connectivity index (χ2v) is 11.9. The van der Waals surface area contributed by atoms with Crippen LogP contribution in [0.5, 0.6) is 11.5 Å². The summed E-state index contributed by atoms with van der Waals surface area (Å²) in [5, 5.41) is 5.59. The fraction of sp³-hybridized carbons (Fsp3) is 0.194. The quantitative estimate of drug-likeness (QED) is 0.206. The van der Waals surface area contributed by atoms with E-state index in [2.05, 4.69) is 28.9 Å². The van der Waals surface area contributed by atoms with Crippen molar-refractivity contribution in [2.45, 2.75) is 20.0 Å². The lowest BCUT2D eigenvalue weighted by Gasteiger charge is -2.26. The Kier molecular flexibility index (Phi) is 7.84. The molecule has 41 heavy (non-hydrogen) atoms. The summed E-state index contributed by atoms with van der Waals surface area (Å²) in [4.78, 5) is 13.8. The maximum absolute atomic E-state index is 13.8. The first kappa shape index (κ1) is 28.3. The van der Waals surface area contributed by atoms with Crippen LogP contribution in [0.1, 0.15) is 22.8 Å². The van der Waals surface area contributed by atoms with Gasteiger partial charge >= 0.3 is 0 Å². The number of benzene rings is 4. The molecule has 1 N–H and O–H groups in total. The fourth-order valence-corrected chi connectivity index (χ4v) is 6.08. The lowest BCUT2D eigenvalue weighted by atomic mass is 10.1. The highest BCUT2D eigenvalue weighted by Gasteiger charge is 2.27. The number of halogens is 1. The van der Waals surface area contributed by atoms with Gasteiger partial charge in [0, 0.05) is 45.1 Å². The number of para-hydroxylation sites is 1. The molecule has 1 aromatic heterocycles. The molecule has 0 saturated carbocycles. The van der Waals surface area contributed by atoms with E-state index in [1.54, 1.807) is 24.3 Å². The van der Waals surface area contributed by atoms with E-state index in [4.69, 9.17) is 21.1 Å². The number of sulfonamides is 1. The number of carbonyl (C=O) groups is 1. The number of hydrogen-bond acceptors (Lipinski definition) is 5. The molecule has 0 radical (unpaired) electrons. The molecule has 0 aliphatic carbocycles. The Morgan fingerprint density at radius 3 is 2.22 bits per heavy atom. The maximum Gasteiger partial charge on any atom is 0.257 e. The van der Waals surface area contributed by atoms with Crippen LogP contribution in [-0.4, -0.2) is 39.4 Å². The molecule has 0 aliphatic heterocycles. The van der Waals surface area contributed by atoms with E-state index < -0.39 is 15.9 Å². The molecule has 0 spiro atoms. The van der Waals surface area contributed by atoms with Crippen molar-refractivity contribution >= 4 is 60.7 Å². The van der Waals surface area contributed by atoms with Gasteiger partial charge in [-0.25, -0.2) is 8.42 Å². The van der Waals surface area contributed by atoms with Crippen LogP contribution in [-0.2, 0) is 23.1 Å². The van der Waals surface area contributed by atoms with E-state index in [-0.39, 0.29) is 23.5 Å². The molecule has 1 heterocycles. The summed E-state index contributed by atoms with van der Waals surface area (Å²) in [6.45, 7) is 2.88. The summed E-state index contributed by atoms with van der Waals surface area (Å²) in [7, 11) is -0.923. The van der Waals surface area contributed by atoms with E-state index in [1.807, 2.05) is 30.3 Å². The zero-order chi connectivity index (χ0) is 29.3. The van der Waals surface area contributed by atoms with Crippen molar-refractivity contribution in [3.63, 3.8) is 0 Å². The van der Waals surface area contributed by atoms with Crippen LogP contribution in [0.2, 0.25) is 5.02 Å². The summed E-state index contributed by atoms with van der Waals surface area (Å²) in [6.07, 6.45) is 1.10. The van der Waals surface area contributed by atoms with E-state index in [1.165, 1.54) is 30.7 Å². The van der Waals surface area contributed by atoms with E-state index in [9.17, 15) is 13.2 Å². The zero-order valence-corrected chi connectivity index (χ0v) is 24.7. The minimum atomic E-state index is -3.83. The van der Waals surface area contributed by atoms with Gasteiger partial charge in [0.25, 0.3) is 5.91 Å². The number of hydrogen-bond donors (Lipinski definition) is 1. The largest absolute Gasteiger partial charge is 0.493 e. The van der Waals surface area contributed by atoms with Crippen LogP contribution < -0.4 is 19.1 Å². The highest BCUT2D eigenvalue weighted by Crippen LogP contribution is 2.38. The van der Waals surface area contributed by atoms with Crippen LogP contribution in [0.15, 0.2) is 78.9 Å². The monoisotopic (exact) mass is 591 g/mol. The molecule has 4 aromatic carbocycles. The van der Waals surface area contributed by atoms with Crippen molar-refractivity contribution < 1.29 is 22.7 Å². The molecule has 0 saturated heterocycles. The second-order valence-electron chi connectivity index (χ2n) is 9.57. The number of nitrogens with zero attached hydrogens (tertiary/aromatic N) is 2. The number of nitrogens with one attached hydrogen (secondary N) is 1. The summed E-state index contributed by atoms with van der Waals surface area (Å²) >= 11 is 6.03. The van der Waals surface area contributed by atoms with Gasteiger partial charge in [-0.05, 0) is 55.0 Å². The average molecular weight is 592 g/mol. The minimum Gasteiger partial charge on any atom is -0.493 e. The van der Waals surface area contributed by atoms with Gasteiger partial charge in [-0.2, -0.15) is 0 Å². The molecule has 0 aliphatic rings. The molecule has 0 unspecified atom stereocenters. The van der Waals surface area contributed by atoms with Gasteiger partial charge in [0.05, 0.1) is 38.3 Å². The minimum absolute atomic E-state index is 0.0196. The third-order valence-electron chi connectivity index (χ3n) is 7.00. The number of aryl methyl sites for hydroxylation is 1. The van der Waals surface area contributed by atoms with Crippen molar-refractivity contribution in [1.82, 2.24) is 4.57 Å². The third kappa shape index (κ3) is 5.55. The van der Waals surface area contributed by atoms with Crippen LogP contribution in [0.25, 0.3) is 21.8 Å². The summed E-state index contributed by atoms with van der Waals surface area (Å²) in [6, 6.07) is 23.7. The van der Waals surface area contributed by atoms with Gasteiger partial charge in [-0.3, -0.25) is 9.10 Å². The van der Waals surface area contributed by atoms with Crippen molar-refractivity contribution in [2.24, 2.45) is 0 Å². The molecule has 0 fully saturated rings. The topological polar surface area (TPSA) is 89.9 Å². The Hall–Kier alpha value is -4.21. The first-order valence-electron chi connectivity index (χ1n) is 12.9. The number of amides is 1. The molecular weight excluding hydrogens is 562 g/mol. The van der Waals surface area contributed by atoms with Crippen LogP contribution in [0, 0.1) is 0 Å². The van der Waals surface area contributed by atoms with Gasteiger partial charge in [0.1, 0.15) is 0 Å². The van der Waals surface area contributed by atoms with Gasteiger partial charge in [-0.1, -0.05) is 41.9 Å². The summed E-state index contributed by atoms with van der Waals surface area (Å²) in [5.74, 6) is 0.0877. The predicted molar refractivity (Wildman–Crippen MR) is 165 cm³/mol. The number of anilines is 2. The Bertz CT molecular complexity index is 1870. The standard InChI is InChI=1S/C31H30ClN3O5S/c1-5-34-26-9-7-6-8-23(26)24-16-22(14-15-27(24)34)33-31(36)25-17-29(39-2)30(40-3)18-28(25)35(41(4,37)38)19-20-10-12-21(32)13-11-20/h6-18H,5,19H2,1-4H3,(H,33,36). The van der Waals surface area contributed by atoms with Gasteiger partial charge < -0.3 is 19.4 Å². The molecule has 0 bridgehead atoms. The number of rotatable bonds is 9. The molecule has 5 aromatic rings. The van der Waals surface area contributed by atoms with Crippen LogP contribution in [0.4, 0.5) is 11.4 Å². The average Bonchev–Trinajstić information content (AvgIpc) is 3.28. The first-order valence-corrected chi connectivity index (χ1v) is 15.2. The molecule has 212 valence electrons. The van der Waals surface area contributed by atoms with Crippen molar-refractivity contribution in [1.29, 1.82) is 0 Å². The molecule has 5 rings (SSSR count). The Balaban J connectivity index is 1.60. The smallest absolute Gasteiger partial charge is 0.257 e. The molecular formula is C31H30ClN3O5S. The summed E-state index contributed by atoms with van der Waals surface area (Å²) in [5.41, 5.74) is 3.70. The van der Waals surface area contributed by atoms with Crippen molar-refractivity contribution in [3.8, 4) is 11.5 Å². The highest BCUT2D eigenvalue weighted by atomic mass is 35.5. The number of methoxy groups -OCH3 is 2. The van der Waals surface area contributed by atoms with E-state index in [0.717, 1.165) is 34.6 Å². The predicted octanol–water partition coefficient (Wildman–Crippen LogP) is 6.70. The van der Waals surface area contributed by atoms with Crippen LogP contribution >= 0.6 is 11.6 Å². The second kappa shape index (κ2) is 11.3. The highest BCUT2D eigenvalue weighted by molar-refractivity contribution is 7.92. The molecule has 1 amide bonds. The van der Waals surface area contributed by atoms with Gasteiger partial charge in [-0.15, -0.1) is 0 Å². The Labute approximate surface area is 244 Å². The van der Waals surface area contributed by atoms with E-state index in [0.29, 0.717) is 22.0 Å². The normalized spacial score (nSPS) is 11.5. The molecule has 8 nitrogen and oxygen atoms in total. The van der Waals surface area contributed by atoms with Crippen LogP contribution in [0.3, 0.4) is 0 Å². The van der Waals surface area contributed by atoms with Crippen molar-refractivity contribution in [2.75, 3.05) is 30.1 Å². The number of carbonyl (C=O) groups excluding carboxylic acids is 1. The van der Waals surface area contributed by atoms with Gasteiger partial charge in [0.15, 0.2) is 11.5 Å². The SMILES string of the molecule is CCn1c2ccccc2c2cc(NC(=O)c3cc(OC)c(OC)cc3N(Cc3ccc(Cl)cc3)S(C)(=O)=O)ccc21. The number of aromatic nitrogens is 1. The van der Waals surface area contributed by atoms with Gasteiger partial charge in [0.2, 0.25) is 10.0 Å². The number of fused-ring (bicyclic) bond motifs is 3. The Morgan fingerprint density at radius 2 is 1.56 bits per heavy atom. The maximum atomic E-state index is 13.8. The summed E-state index contributed by atoms with van der Waals surface area (Å²) < 4.78 is 40.5. The lowest BCUT2D eigenvalue weighted by molar-refractivity contribution is 0.102. The fourth-order valence-electron chi connectivity index (χ4n) is 5.06. The zero-order valence-electron chi connectivity index (χ0n) is 23.1. The van der Waals surface area contributed by atoms with Crippen molar-refractivity contribution in [3.05, 3.63) is 95.0 Å². The lowest BCUT2D eigenvalue weighted by Crippen LogP contribution is -2.31. The number of ether oxygens (including phenoxy) is 2. The molecule has 10 heteroatoms. The van der Waals surface area contributed by atoms with E-state index >= 15 is 0 Å². The molecule has 0 atom stereocenters. The Morgan fingerprint density at radius 1 is 0.902 bits per heavy atom. The third-order valence-corrected chi connectivity index (χ3v) is 8.38. The first-order chi connectivity index (χ1) is 19.6.